The van der Waals surface area contributed by atoms with Gasteiger partial charge in [-0.15, -0.1) is 0 Å². The molecule has 0 spiro atoms. The summed E-state index contributed by atoms with van der Waals surface area (Å²) in [6, 6.07) is 5.54. The number of carbonyl (C=O) groups excluding carboxylic acids is 4. The van der Waals surface area contributed by atoms with Crippen LogP contribution >= 0.6 is 23.2 Å². The Morgan fingerprint density at radius 3 is 1.68 bits per heavy atom. The Hall–Kier alpha value is -3.98. The number of aromatic hydroxyl groups is 1. The van der Waals surface area contributed by atoms with Crippen LogP contribution in [0.4, 0.5) is 11.4 Å². The van der Waals surface area contributed by atoms with Crippen LogP contribution in [0.5, 0.6) is 11.5 Å². The minimum atomic E-state index is -0.678. The normalized spacial score (nSPS) is 16.1. The molecular weight excluding hydrogens is 691 g/mol. The van der Waals surface area contributed by atoms with Crippen molar-refractivity contribution in [1.82, 2.24) is 20.4 Å². The number of benzene rings is 2. The van der Waals surface area contributed by atoms with Gasteiger partial charge >= 0.3 is 11.9 Å². The molecule has 50 heavy (non-hydrogen) atoms. The Kier molecular flexibility index (Phi) is 14.6. The third-order valence-corrected chi connectivity index (χ3v) is 9.52. The van der Waals surface area contributed by atoms with Gasteiger partial charge in [-0.1, -0.05) is 23.2 Å². The van der Waals surface area contributed by atoms with Crippen molar-refractivity contribution in [3.05, 3.63) is 45.4 Å². The van der Waals surface area contributed by atoms with Crippen molar-refractivity contribution >= 4 is 58.3 Å². The molecule has 2 aliphatic rings. The quantitative estimate of drug-likeness (QED) is 0.132. The Bertz CT molecular complexity index is 1510. The average Bonchev–Trinajstić information content (AvgIpc) is 3.08. The monoisotopic (exact) mass is 736 g/mol. The molecule has 0 saturated carbocycles. The second kappa shape index (κ2) is 18.9. The third kappa shape index (κ3) is 11.5. The van der Waals surface area contributed by atoms with E-state index in [1.165, 1.54) is 31.4 Å². The maximum absolute atomic E-state index is 12.5. The van der Waals surface area contributed by atoms with Gasteiger partial charge in [0, 0.05) is 76.3 Å². The fraction of sp³-hybridized carbons (Fsp3) is 0.529. The van der Waals surface area contributed by atoms with Gasteiger partial charge in [-0.05, 0) is 44.2 Å². The number of rotatable bonds is 15. The molecule has 0 bridgehead atoms. The minimum absolute atomic E-state index is 0.0389. The van der Waals surface area contributed by atoms with Gasteiger partial charge in [-0.2, -0.15) is 0 Å². The summed E-state index contributed by atoms with van der Waals surface area (Å²) in [5.74, 6) is -1.34. The number of piperidine rings is 2. The SMILES string of the molecule is COc1cc(N)c(Cl)cc1C(=O)OCCN1CCC(NC(=O)CCCC(=O)NC2CCN(CCOC(=O)c3cc(Cl)c(N)cc3O)CC2)CC1. The van der Waals surface area contributed by atoms with Crippen LogP contribution in [0, 0.1) is 0 Å². The first-order valence-electron chi connectivity index (χ1n) is 16.7. The molecule has 2 heterocycles. The molecule has 0 aliphatic carbocycles. The predicted molar refractivity (Wildman–Crippen MR) is 190 cm³/mol. The summed E-state index contributed by atoms with van der Waals surface area (Å²) < 4.78 is 15.9. The fourth-order valence-corrected chi connectivity index (χ4v) is 6.27. The molecule has 0 aromatic heterocycles. The number of phenolic OH excluding ortho intramolecular Hbond substituents is 1. The Balaban J connectivity index is 1.02. The number of halogens is 2. The molecular formula is C34H46Cl2N6O8. The van der Waals surface area contributed by atoms with Gasteiger partial charge < -0.3 is 41.4 Å². The number of ether oxygens (including phenoxy) is 3. The summed E-state index contributed by atoms with van der Waals surface area (Å²) in [6.45, 7) is 4.43. The van der Waals surface area contributed by atoms with Crippen molar-refractivity contribution in [1.29, 1.82) is 0 Å². The van der Waals surface area contributed by atoms with Gasteiger partial charge in [-0.25, -0.2) is 9.59 Å². The van der Waals surface area contributed by atoms with E-state index in [-0.39, 0.29) is 82.6 Å². The number of methoxy groups -OCH3 is 1. The van der Waals surface area contributed by atoms with E-state index in [0.717, 1.165) is 51.9 Å². The number of hydrogen-bond donors (Lipinski definition) is 5. The number of nitrogens with zero attached hydrogens (tertiary/aromatic N) is 2. The van der Waals surface area contributed by atoms with Crippen LogP contribution in [-0.4, -0.2) is 110 Å². The number of phenols is 1. The lowest BCUT2D eigenvalue weighted by Gasteiger charge is -2.32. The number of amides is 2. The van der Waals surface area contributed by atoms with Crippen molar-refractivity contribution < 1.29 is 38.5 Å². The van der Waals surface area contributed by atoms with Gasteiger partial charge in [-0.3, -0.25) is 19.4 Å². The second-order valence-electron chi connectivity index (χ2n) is 12.5. The van der Waals surface area contributed by atoms with Gasteiger partial charge in [0.1, 0.15) is 35.8 Å². The van der Waals surface area contributed by atoms with Crippen LogP contribution in [0.2, 0.25) is 10.0 Å². The van der Waals surface area contributed by atoms with E-state index in [1.807, 2.05) is 0 Å². The summed E-state index contributed by atoms with van der Waals surface area (Å²) >= 11 is 12.0. The van der Waals surface area contributed by atoms with Crippen LogP contribution in [0.15, 0.2) is 24.3 Å². The third-order valence-electron chi connectivity index (χ3n) is 8.87. The largest absolute Gasteiger partial charge is 0.507 e. The topological polar surface area (TPSA) is 199 Å². The number of anilines is 2. The van der Waals surface area contributed by atoms with Crippen molar-refractivity contribution in [2.75, 3.05) is 71.1 Å². The summed E-state index contributed by atoms with van der Waals surface area (Å²) in [5, 5.41) is 16.5. The Morgan fingerprint density at radius 2 is 1.20 bits per heavy atom. The molecule has 7 N–H and O–H groups in total. The number of hydrogen-bond acceptors (Lipinski definition) is 12. The van der Waals surface area contributed by atoms with Crippen LogP contribution in [0.25, 0.3) is 0 Å². The summed E-state index contributed by atoms with van der Waals surface area (Å²) in [4.78, 5) is 54.2. The lowest BCUT2D eigenvalue weighted by atomic mass is 10.0. The molecule has 2 amide bonds. The van der Waals surface area contributed by atoms with Gasteiger partial charge in [0.05, 0.1) is 28.5 Å². The molecule has 2 aliphatic heterocycles. The molecule has 16 heteroatoms. The van der Waals surface area contributed by atoms with Crippen molar-refractivity contribution in [3.8, 4) is 11.5 Å². The second-order valence-corrected chi connectivity index (χ2v) is 13.3. The van der Waals surface area contributed by atoms with E-state index < -0.39 is 11.9 Å². The Labute approximate surface area is 301 Å². The molecule has 0 radical (unpaired) electrons. The highest BCUT2D eigenvalue weighted by Crippen LogP contribution is 2.30. The van der Waals surface area contributed by atoms with E-state index >= 15 is 0 Å². The molecule has 0 atom stereocenters. The number of likely N-dealkylation sites (tertiary alicyclic amines) is 2. The first-order chi connectivity index (χ1) is 23.9. The zero-order valence-electron chi connectivity index (χ0n) is 28.2. The summed E-state index contributed by atoms with van der Waals surface area (Å²) in [5.41, 5.74) is 12.1. The maximum atomic E-state index is 12.5. The minimum Gasteiger partial charge on any atom is -0.507 e. The zero-order chi connectivity index (χ0) is 36.2. The highest BCUT2D eigenvalue weighted by Gasteiger charge is 2.24. The van der Waals surface area contributed by atoms with Crippen LogP contribution in [0.1, 0.15) is 65.7 Å². The summed E-state index contributed by atoms with van der Waals surface area (Å²) in [7, 11) is 1.44. The molecule has 14 nitrogen and oxygen atoms in total. The number of nitrogens with two attached hydrogens (primary N) is 2. The smallest absolute Gasteiger partial charge is 0.342 e. The van der Waals surface area contributed by atoms with E-state index in [2.05, 4.69) is 20.4 Å². The van der Waals surface area contributed by atoms with Gasteiger partial charge in [0.25, 0.3) is 0 Å². The van der Waals surface area contributed by atoms with Crippen LogP contribution in [0.3, 0.4) is 0 Å². The molecule has 2 fully saturated rings. The lowest BCUT2D eigenvalue weighted by Crippen LogP contribution is -2.46. The number of nitrogen functional groups attached to an aromatic ring is 2. The number of nitrogens with one attached hydrogen (secondary N) is 2. The van der Waals surface area contributed by atoms with E-state index in [1.54, 1.807) is 0 Å². The highest BCUT2D eigenvalue weighted by atomic mass is 35.5. The van der Waals surface area contributed by atoms with Crippen molar-refractivity contribution in [2.24, 2.45) is 0 Å². The van der Waals surface area contributed by atoms with Gasteiger partial charge in [0.2, 0.25) is 11.8 Å². The van der Waals surface area contributed by atoms with Crippen LogP contribution < -0.4 is 26.8 Å². The Morgan fingerprint density at radius 1 is 0.760 bits per heavy atom. The number of carbonyl (C=O) groups is 4. The standard InChI is InChI=1S/C34H46Cl2N6O8/c1-48-30-20-28(38)26(36)18-24(30)34(47)50-16-14-42-11-7-22(8-12-42)40-32(45)4-2-3-31(44)39-21-5-9-41(10-6-21)13-15-49-33(46)23-17-25(35)27(37)19-29(23)43/h17-22,43H,2-16,37-38H2,1H3,(H,39,44)(H,40,45). The molecule has 274 valence electrons. The predicted octanol–water partition coefficient (Wildman–Crippen LogP) is 3.22. The fourth-order valence-electron chi connectivity index (χ4n) is 5.94. The summed E-state index contributed by atoms with van der Waals surface area (Å²) in [6.07, 6.45) is 4.11. The maximum Gasteiger partial charge on any atom is 0.342 e. The lowest BCUT2D eigenvalue weighted by molar-refractivity contribution is -0.123. The van der Waals surface area contributed by atoms with E-state index in [4.69, 9.17) is 48.9 Å². The van der Waals surface area contributed by atoms with Crippen molar-refractivity contribution in [3.63, 3.8) is 0 Å². The molecule has 0 unspecified atom stereocenters. The number of esters is 2. The van der Waals surface area contributed by atoms with Gasteiger partial charge in [0.15, 0.2) is 0 Å². The molecule has 2 aromatic carbocycles. The van der Waals surface area contributed by atoms with E-state index in [0.29, 0.717) is 30.9 Å². The van der Waals surface area contributed by atoms with Crippen LogP contribution in [-0.2, 0) is 19.1 Å². The first-order valence-corrected chi connectivity index (χ1v) is 17.5. The highest BCUT2D eigenvalue weighted by molar-refractivity contribution is 6.34. The van der Waals surface area contributed by atoms with Crippen molar-refractivity contribution in [2.45, 2.75) is 57.0 Å². The molecule has 2 saturated heterocycles. The zero-order valence-corrected chi connectivity index (χ0v) is 29.7. The molecule has 2 aromatic rings. The average molecular weight is 738 g/mol. The first kappa shape index (κ1) is 38.8. The molecule has 4 rings (SSSR count). The van der Waals surface area contributed by atoms with E-state index in [9.17, 15) is 24.3 Å².